The van der Waals surface area contributed by atoms with Gasteiger partial charge in [-0.25, -0.2) is 0 Å². The highest BCUT2D eigenvalue weighted by Crippen LogP contribution is 2.29. The van der Waals surface area contributed by atoms with Gasteiger partial charge in [-0.3, -0.25) is 9.98 Å². The normalized spacial score (nSPS) is 33.4. The molecule has 94 valence electrons. The third-order valence-electron chi connectivity index (χ3n) is 4.14. The molecule has 2 atom stereocenters. The first-order chi connectivity index (χ1) is 8.43. The summed E-state index contributed by atoms with van der Waals surface area (Å²) in [6.45, 7) is 4.04. The minimum Gasteiger partial charge on any atom is -0.372 e. The quantitative estimate of drug-likeness (QED) is 0.705. The molecule has 1 fully saturated rings. The Bertz CT molecular complexity index is 302. The second kappa shape index (κ2) is 5.07. The average molecular weight is 234 g/mol. The fourth-order valence-electron chi connectivity index (χ4n) is 3.23. The largest absolute Gasteiger partial charge is 0.372 e. The molecule has 1 aliphatic carbocycles. The van der Waals surface area contributed by atoms with Crippen molar-refractivity contribution in [1.82, 2.24) is 10.6 Å². The summed E-state index contributed by atoms with van der Waals surface area (Å²) in [5.74, 6) is 3.94. The fourth-order valence-corrected chi connectivity index (χ4v) is 3.23. The molecule has 0 radical (unpaired) electrons. The smallest absolute Gasteiger partial charge is 0.0995 e. The Labute approximate surface area is 103 Å². The summed E-state index contributed by atoms with van der Waals surface area (Å²) in [5, 5.41) is 6.89. The molecule has 3 aliphatic rings. The second-order valence-electron chi connectivity index (χ2n) is 5.29. The van der Waals surface area contributed by atoms with Crippen LogP contribution in [-0.2, 0) is 0 Å². The average Bonchev–Trinajstić information content (AvgIpc) is 2.99. The Kier molecular flexibility index (Phi) is 3.29. The summed E-state index contributed by atoms with van der Waals surface area (Å²) in [6, 6.07) is 0. The molecule has 0 aromatic heterocycles. The zero-order chi connectivity index (χ0) is 11.5. The van der Waals surface area contributed by atoms with Crippen molar-refractivity contribution in [3.05, 3.63) is 0 Å². The van der Waals surface area contributed by atoms with Gasteiger partial charge in [0.05, 0.1) is 24.8 Å². The number of nitrogens with zero attached hydrogens (tertiary/aromatic N) is 2. The standard InChI is InChI=1S/C13H22N4/c1-2-10(12-14-6-7-15-12)4-5-11(3-1)13-16-8-9-17-13/h10-11H,1-9H2,(H,14,15)(H,16,17). The molecular weight excluding hydrogens is 212 g/mol. The lowest BCUT2D eigenvalue weighted by atomic mass is 9.96. The van der Waals surface area contributed by atoms with Crippen LogP contribution in [0.25, 0.3) is 0 Å². The Morgan fingerprint density at radius 3 is 1.71 bits per heavy atom. The lowest BCUT2D eigenvalue weighted by Gasteiger charge is -2.16. The van der Waals surface area contributed by atoms with Gasteiger partial charge in [-0.1, -0.05) is 6.42 Å². The maximum absolute atomic E-state index is 4.58. The minimum atomic E-state index is 0.685. The predicted octanol–water partition coefficient (Wildman–Crippen LogP) is 1.19. The Hall–Kier alpha value is -1.06. The maximum atomic E-state index is 4.58. The van der Waals surface area contributed by atoms with Gasteiger partial charge >= 0.3 is 0 Å². The van der Waals surface area contributed by atoms with Gasteiger partial charge in [-0.15, -0.1) is 0 Å². The minimum absolute atomic E-state index is 0.685. The Morgan fingerprint density at radius 1 is 0.765 bits per heavy atom. The van der Waals surface area contributed by atoms with Crippen molar-refractivity contribution in [2.24, 2.45) is 21.8 Å². The van der Waals surface area contributed by atoms with Gasteiger partial charge in [0.1, 0.15) is 0 Å². The molecule has 0 spiro atoms. The molecule has 0 bridgehead atoms. The van der Waals surface area contributed by atoms with E-state index in [0.29, 0.717) is 11.8 Å². The van der Waals surface area contributed by atoms with Crippen molar-refractivity contribution in [2.75, 3.05) is 26.2 Å². The van der Waals surface area contributed by atoms with E-state index >= 15 is 0 Å². The monoisotopic (exact) mass is 234 g/mol. The van der Waals surface area contributed by atoms with E-state index in [-0.39, 0.29) is 0 Å². The van der Waals surface area contributed by atoms with Crippen LogP contribution in [0.3, 0.4) is 0 Å². The molecule has 1 saturated carbocycles. The van der Waals surface area contributed by atoms with Crippen LogP contribution < -0.4 is 10.6 Å². The van der Waals surface area contributed by atoms with E-state index in [9.17, 15) is 0 Å². The van der Waals surface area contributed by atoms with E-state index in [4.69, 9.17) is 0 Å². The molecule has 2 heterocycles. The molecule has 17 heavy (non-hydrogen) atoms. The number of aliphatic imine (C=N–C) groups is 2. The van der Waals surface area contributed by atoms with E-state index in [0.717, 1.165) is 26.2 Å². The summed E-state index contributed by atoms with van der Waals surface area (Å²) < 4.78 is 0. The van der Waals surface area contributed by atoms with E-state index in [1.807, 2.05) is 0 Å². The van der Waals surface area contributed by atoms with Crippen LogP contribution in [0.5, 0.6) is 0 Å². The molecule has 0 aromatic rings. The van der Waals surface area contributed by atoms with Gasteiger partial charge in [0.15, 0.2) is 0 Å². The van der Waals surface area contributed by atoms with Crippen LogP contribution in [0.15, 0.2) is 9.98 Å². The van der Waals surface area contributed by atoms with Crippen LogP contribution in [0, 0.1) is 11.8 Å². The SMILES string of the molecule is C1CC(C2=NCCN2)CCC(C2=NCCN2)C1. The van der Waals surface area contributed by atoms with E-state index in [2.05, 4.69) is 20.6 Å². The summed E-state index contributed by atoms with van der Waals surface area (Å²) >= 11 is 0. The van der Waals surface area contributed by atoms with Crippen LogP contribution in [0.2, 0.25) is 0 Å². The summed E-state index contributed by atoms with van der Waals surface area (Å²) in [6.07, 6.45) is 6.47. The van der Waals surface area contributed by atoms with Crippen molar-refractivity contribution in [3.8, 4) is 0 Å². The summed E-state index contributed by atoms with van der Waals surface area (Å²) in [5.41, 5.74) is 0. The Balaban J connectivity index is 1.59. The molecule has 2 unspecified atom stereocenters. The molecule has 2 aliphatic heterocycles. The van der Waals surface area contributed by atoms with Crippen molar-refractivity contribution >= 4 is 11.7 Å². The number of hydrogen-bond donors (Lipinski definition) is 2. The van der Waals surface area contributed by atoms with Gasteiger partial charge < -0.3 is 10.6 Å². The fraction of sp³-hybridized carbons (Fsp3) is 0.846. The third kappa shape index (κ3) is 2.45. The number of rotatable bonds is 2. The highest BCUT2D eigenvalue weighted by molar-refractivity contribution is 5.87. The molecule has 2 N–H and O–H groups in total. The van der Waals surface area contributed by atoms with E-state index in [1.54, 1.807) is 0 Å². The number of amidine groups is 2. The number of hydrogen-bond acceptors (Lipinski definition) is 4. The first-order valence-electron chi connectivity index (χ1n) is 7.00. The topological polar surface area (TPSA) is 48.8 Å². The van der Waals surface area contributed by atoms with Gasteiger partial charge in [-0.2, -0.15) is 0 Å². The lowest BCUT2D eigenvalue weighted by Crippen LogP contribution is -2.28. The van der Waals surface area contributed by atoms with Gasteiger partial charge in [0.2, 0.25) is 0 Å². The van der Waals surface area contributed by atoms with E-state index in [1.165, 1.54) is 43.8 Å². The van der Waals surface area contributed by atoms with Crippen LogP contribution in [-0.4, -0.2) is 37.9 Å². The van der Waals surface area contributed by atoms with Gasteiger partial charge in [0.25, 0.3) is 0 Å². The molecular formula is C13H22N4. The molecule has 4 heteroatoms. The van der Waals surface area contributed by atoms with Gasteiger partial charge in [-0.05, 0) is 25.7 Å². The molecule has 0 amide bonds. The molecule has 4 nitrogen and oxygen atoms in total. The highest BCUT2D eigenvalue weighted by Gasteiger charge is 2.26. The van der Waals surface area contributed by atoms with Crippen molar-refractivity contribution in [1.29, 1.82) is 0 Å². The van der Waals surface area contributed by atoms with Crippen molar-refractivity contribution in [3.63, 3.8) is 0 Å². The molecule has 0 saturated heterocycles. The molecule has 0 aromatic carbocycles. The maximum Gasteiger partial charge on any atom is 0.0995 e. The first kappa shape index (κ1) is 11.1. The zero-order valence-electron chi connectivity index (χ0n) is 10.4. The summed E-state index contributed by atoms with van der Waals surface area (Å²) in [7, 11) is 0. The molecule has 3 rings (SSSR count). The highest BCUT2D eigenvalue weighted by atomic mass is 15.1. The predicted molar refractivity (Wildman–Crippen MR) is 70.7 cm³/mol. The second-order valence-corrected chi connectivity index (χ2v) is 5.29. The zero-order valence-corrected chi connectivity index (χ0v) is 10.4. The van der Waals surface area contributed by atoms with Crippen LogP contribution >= 0.6 is 0 Å². The Morgan fingerprint density at radius 2 is 1.29 bits per heavy atom. The van der Waals surface area contributed by atoms with E-state index < -0.39 is 0 Å². The number of nitrogens with one attached hydrogen (secondary N) is 2. The summed E-state index contributed by atoms with van der Waals surface area (Å²) in [4.78, 5) is 9.17. The van der Waals surface area contributed by atoms with Gasteiger partial charge in [0, 0.05) is 24.9 Å². The van der Waals surface area contributed by atoms with Crippen LogP contribution in [0.4, 0.5) is 0 Å². The van der Waals surface area contributed by atoms with Crippen molar-refractivity contribution in [2.45, 2.75) is 32.1 Å². The van der Waals surface area contributed by atoms with Crippen molar-refractivity contribution < 1.29 is 0 Å². The first-order valence-corrected chi connectivity index (χ1v) is 7.00. The lowest BCUT2D eigenvalue weighted by molar-refractivity contribution is 0.560. The van der Waals surface area contributed by atoms with Crippen LogP contribution in [0.1, 0.15) is 32.1 Å². The third-order valence-corrected chi connectivity index (χ3v) is 4.14.